The molecule has 0 heterocycles. The van der Waals surface area contributed by atoms with Crippen molar-refractivity contribution in [1.82, 2.24) is 5.32 Å². The Labute approximate surface area is 96.2 Å². The zero-order valence-corrected chi connectivity index (χ0v) is 9.19. The van der Waals surface area contributed by atoms with Crippen molar-refractivity contribution in [2.24, 2.45) is 5.41 Å². The van der Waals surface area contributed by atoms with Crippen LogP contribution in [0.1, 0.15) is 25.7 Å². The van der Waals surface area contributed by atoms with Crippen molar-refractivity contribution in [3.63, 3.8) is 0 Å². The molecule has 0 radical (unpaired) electrons. The van der Waals surface area contributed by atoms with Crippen LogP contribution in [-0.4, -0.2) is 36.5 Å². The van der Waals surface area contributed by atoms with Crippen molar-refractivity contribution >= 4 is 5.91 Å². The van der Waals surface area contributed by atoms with E-state index in [4.69, 9.17) is 5.11 Å². The smallest absolute Gasteiger partial charge is 0.383 e. The summed E-state index contributed by atoms with van der Waals surface area (Å²) in [7, 11) is 0. The molecule has 0 aromatic carbocycles. The lowest BCUT2D eigenvalue weighted by molar-refractivity contribution is -0.170. The zero-order chi connectivity index (χ0) is 13.1. The lowest BCUT2D eigenvalue weighted by atomic mass is 9.87. The predicted molar refractivity (Wildman–Crippen MR) is 51.9 cm³/mol. The molecule has 7 heteroatoms. The van der Waals surface area contributed by atoms with Gasteiger partial charge in [0.15, 0.2) is 0 Å². The Hall–Kier alpha value is -0.850. The van der Waals surface area contributed by atoms with E-state index in [1.54, 1.807) is 0 Å². The number of carbonyl (C=O) groups excluding carboxylic acids is 1. The molecular weight excluding hydrogens is 242 g/mol. The molecule has 3 nitrogen and oxygen atoms in total. The fourth-order valence-corrected chi connectivity index (χ4v) is 2.00. The molecule has 0 aromatic rings. The van der Waals surface area contributed by atoms with Crippen molar-refractivity contribution in [2.75, 3.05) is 13.2 Å². The van der Waals surface area contributed by atoms with Crippen LogP contribution in [-0.2, 0) is 4.79 Å². The zero-order valence-electron chi connectivity index (χ0n) is 9.19. The van der Waals surface area contributed by atoms with Gasteiger partial charge in [-0.3, -0.25) is 4.79 Å². The molecule has 100 valence electrons. The second-order valence-electron chi connectivity index (χ2n) is 4.47. The molecule has 1 saturated carbocycles. The van der Waals surface area contributed by atoms with Gasteiger partial charge in [0.05, 0.1) is 6.61 Å². The average molecular weight is 257 g/mol. The van der Waals surface area contributed by atoms with E-state index in [9.17, 15) is 22.4 Å². The molecule has 17 heavy (non-hydrogen) atoms. The number of rotatable bonds is 5. The van der Waals surface area contributed by atoms with E-state index in [2.05, 4.69) is 0 Å². The first-order chi connectivity index (χ1) is 7.84. The first-order valence-electron chi connectivity index (χ1n) is 5.39. The highest BCUT2D eigenvalue weighted by Crippen LogP contribution is 2.37. The fraction of sp³-hybridized carbons (Fsp3) is 0.900. The van der Waals surface area contributed by atoms with Gasteiger partial charge in [0.1, 0.15) is 0 Å². The minimum atomic E-state index is -4.67. The molecule has 0 atom stereocenters. The molecular formula is C10H15F4NO2. The van der Waals surface area contributed by atoms with Crippen LogP contribution >= 0.6 is 0 Å². The maximum Gasteiger partial charge on any atom is 0.383 e. The number of amides is 1. The van der Waals surface area contributed by atoms with Crippen LogP contribution in [0.3, 0.4) is 0 Å². The fourth-order valence-electron chi connectivity index (χ4n) is 2.00. The normalized spacial score (nSPS) is 19.6. The minimum Gasteiger partial charge on any atom is -0.396 e. The van der Waals surface area contributed by atoms with Gasteiger partial charge in [-0.1, -0.05) is 12.8 Å². The van der Waals surface area contributed by atoms with Gasteiger partial charge < -0.3 is 10.4 Å². The van der Waals surface area contributed by atoms with Crippen LogP contribution in [0.25, 0.3) is 0 Å². The molecule has 0 aromatic heterocycles. The molecule has 0 saturated heterocycles. The summed E-state index contributed by atoms with van der Waals surface area (Å²) in [4.78, 5) is 10.9. The summed E-state index contributed by atoms with van der Waals surface area (Å²) in [5, 5.41) is 11.0. The molecule has 0 spiro atoms. The highest BCUT2D eigenvalue weighted by molar-refractivity contribution is 5.83. The van der Waals surface area contributed by atoms with Gasteiger partial charge >= 0.3 is 12.3 Å². The SMILES string of the molecule is O=C(NCC1(CO)CCCC1)C(F)(F)C(F)F. The number of halogens is 4. The standard InChI is InChI=1S/C10H15F4NO2/c11-7(12)10(13,14)8(17)15-5-9(6-16)3-1-2-4-9/h7,16H,1-6H2,(H,15,17). The average Bonchev–Trinajstić information content (AvgIpc) is 2.75. The van der Waals surface area contributed by atoms with E-state index in [0.717, 1.165) is 12.8 Å². The Morgan fingerprint density at radius 1 is 1.35 bits per heavy atom. The minimum absolute atomic E-state index is 0.190. The quantitative estimate of drug-likeness (QED) is 0.734. The van der Waals surface area contributed by atoms with Gasteiger partial charge in [-0.25, -0.2) is 8.78 Å². The van der Waals surface area contributed by atoms with Crippen molar-refractivity contribution in [2.45, 2.75) is 38.0 Å². The van der Waals surface area contributed by atoms with Crippen molar-refractivity contribution in [1.29, 1.82) is 0 Å². The van der Waals surface area contributed by atoms with E-state index in [-0.39, 0.29) is 13.2 Å². The van der Waals surface area contributed by atoms with Crippen molar-refractivity contribution < 1.29 is 27.5 Å². The van der Waals surface area contributed by atoms with Crippen LogP contribution in [0.4, 0.5) is 17.6 Å². The summed E-state index contributed by atoms with van der Waals surface area (Å²) < 4.78 is 49.0. The Morgan fingerprint density at radius 3 is 2.29 bits per heavy atom. The number of hydrogen-bond acceptors (Lipinski definition) is 2. The van der Waals surface area contributed by atoms with Gasteiger partial charge in [0.2, 0.25) is 0 Å². The molecule has 0 aliphatic heterocycles. The summed E-state index contributed by atoms with van der Waals surface area (Å²) in [5.41, 5.74) is -0.631. The number of carbonyl (C=O) groups is 1. The summed E-state index contributed by atoms with van der Waals surface area (Å²) in [6.45, 7) is -0.432. The third-order valence-electron chi connectivity index (χ3n) is 3.20. The Kier molecular flexibility index (Phi) is 4.35. The second kappa shape index (κ2) is 5.20. The number of hydrogen-bond donors (Lipinski definition) is 2. The summed E-state index contributed by atoms with van der Waals surface area (Å²) in [6.07, 6.45) is -1.15. The molecule has 1 amide bonds. The lowest BCUT2D eigenvalue weighted by Crippen LogP contribution is -2.48. The van der Waals surface area contributed by atoms with E-state index >= 15 is 0 Å². The third-order valence-corrected chi connectivity index (χ3v) is 3.20. The molecule has 1 aliphatic carbocycles. The summed E-state index contributed by atoms with van der Waals surface area (Å²) in [5.74, 6) is -6.65. The highest BCUT2D eigenvalue weighted by atomic mass is 19.3. The van der Waals surface area contributed by atoms with Gasteiger partial charge in [-0.15, -0.1) is 0 Å². The van der Waals surface area contributed by atoms with Crippen LogP contribution in [0.15, 0.2) is 0 Å². The summed E-state index contributed by atoms with van der Waals surface area (Å²) >= 11 is 0. The van der Waals surface area contributed by atoms with Crippen LogP contribution in [0.5, 0.6) is 0 Å². The number of aliphatic hydroxyl groups excluding tert-OH is 1. The monoisotopic (exact) mass is 257 g/mol. The Balaban J connectivity index is 2.53. The van der Waals surface area contributed by atoms with Crippen LogP contribution in [0, 0.1) is 5.41 Å². The van der Waals surface area contributed by atoms with E-state index in [0.29, 0.717) is 12.8 Å². The van der Waals surface area contributed by atoms with Gasteiger partial charge in [0.25, 0.3) is 5.91 Å². The van der Waals surface area contributed by atoms with E-state index in [1.165, 1.54) is 0 Å². The second-order valence-corrected chi connectivity index (χ2v) is 4.47. The first-order valence-corrected chi connectivity index (χ1v) is 5.39. The maximum atomic E-state index is 12.6. The largest absolute Gasteiger partial charge is 0.396 e. The lowest BCUT2D eigenvalue weighted by Gasteiger charge is -2.27. The molecule has 2 N–H and O–H groups in total. The molecule has 1 rings (SSSR count). The molecule has 1 fully saturated rings. The third kappa shape index (κ3) is 3.08. The Bertz CT molecular complexity index is 277. The summed E-state index contributed by atoms with van der Waals surface area (Å²) in [6, 6.07) is 0. The van der Waals surface area contributed by atoms with Gasteiger partial charge in [-0.2, -0.15) is 8.78 Å². The van der Waals surface area contributed by atoms with Gasteiger partial charge in [0, 0.05) is 12.0 Å². The van der Waals surface area contributed by atoms with E-state index in [1.807, 2.05) is 5.32 Å². The number of alkyl halides is 4. The van der Waals surface area contributed by atoms with Crippen molar-refractivity contribution in [3.05, 3.63) is 0 Å². The van der Waals surface area contributed by atoms with E-state index < -0.39 is 23.7 Å². The number of nitrogens with one attached hydrogen (secondary N) is 1. The first kappa shape index (κ1) is 14.2. The van der Waals surface area contributed by atoms with Crippen LogP contribution in [0.2, 0.25) is 0 Å². The highest BCUT2D eigenvalue weighted by Gasteiger charge is 2.49. The maximum absolute atomic E-state index is 12.6. The molecule has 0 bridgehead atoms. The molecule has 1 aliphatic rings. The predicted octanol–water partition coefficient (Wildman–Crippen LogP) is 1.56. The molecule has 0 unspecified atom stereocenters. The Morgan fingerprint density at radius 2 is 1.88 bits per heavy atom. The van der Waals surface area contributed by atoms with Crippen molar-refractivity contribution in [3.8, 4) is 0 Å². The van der Waals surface area contributed by atoms with Crippen LogP contribution < -0.4 is 5.32 Å². The number of aliphatic hydroxyl groups is 1. The topological polar surface area (TPSA) is 49.3 Å². The van der Waals surface area contributed by atoms with Gasteiger partial charge in [-0.05, 0) is 12.8 Å².